The van der Waals surface area contributed by atoms with Gasteiger partial charge in [0.25, 0.3) is 5.92 Å². The summed E-state index contributed by atoms with van der Waals surface area (Å²) in [6, 6.07) is -1.81. The molecule has 0 radical (unpaired) electrons. The maximum Gasteiger partial charge on any atom is 0.255 e. The fourth-order valence-electron chi connectivity index (χ4n) is 6.36. The lowest BCUT2D eigenvalue weighted by atomic mass is 9.71. The first-order valence-corrected chi connectivity index (χ1v) is 13.6. The van der Waals surface area contributed by atoms with E-state index in [2.05, 4.69) is 21.0 Å². The Hall–Kier alpha value is -3.23. The molecule has 4 heterocycles. The number of carbonyl (C=O) groups is 3. The van der Waals surface area contributed by atoms with E-state index in [1.165, 1.54) is 4.90 Å². The number of amides is 3. The van der Waals surface area contributed by atoms with Gasteiger partial charge in [0.2, 0.25) is 17.7 Å². The van der Waals surface area contributed by atoms with Gasteiger partial charge in [-0.05, 0) is 44.4 Å². The van der Waals surface area contributed by atoms with Crippen LogP contribution in [0.1, 0.15) is 57.8 Å². The minimum Gasteiger partial charge on any atom is -0.371 e. The number of aromatic nitrogens is 2. The van der Waals surface area contributed by atoms with Crippen molar-refractivity contribution >= 4 is 23.4 Å². The van der Waals surface area contributed by atoms with Crippen LogP contribution in [0.3, 0.4) is 0 Å². The summed E-state index contributed by atoms with van der Waals surface area (Å²) in [5.41, 5.74) is 0.648. The quantitative estimate of drug-likeness (QED) is 0.446. The molecule has 2 aliphatic carbocycles. The fourth-order valence-corrected chi connectivity index (χ4v) is 6.36. The zero-order valence-electron chi connectivity index (χ0n) is 21.5. The highest BCUT2D eigenvalue weighted by Gasteiger charge is 2.61. The predicted octanol–water partition coefficient (Wildman–Crippen LogP) is 1.94. The molecule has 6 rings (SSSR count). The third kappa shape index (κ3) is 5.47. The van der Waals surface area contributed by atoms with Crippen LogP contribution in [-0.2, 0) is 21.4 Å². The molecule has 5 aliphatic rings. The average molecular weight is 532 g/mol. The Labute approximate surface area is 220 Å². The third-order valence-corrected chi connectivity index (χ3v) is 8.46. The van der Waals surface area contributed by atoms with Crippen molar-refractivity contribution < 1.29 is 23.2 Å². The van der Waals surface area contributed by atoms with Crippen LogP contribution in [0.4, 0.5) is 14.5 Å². The molecule has 38 heavy (non-hydrogen) atoms. The maximum atomic E-state index is 15.1. The SMILES string of the molecule is Cn1cc(N[C@@H](CC2CC2)C(=O)N2[C@@H]3CC[C@H]([C@@H]2C(=O)N[C@@H](C#N)C[C@H]2CCCNC2=O)C(F)(F)C3)cn1. The smallest absolute Gasteiger partial charge is 0.255 e. The van der Waals surface area contributed by atoms with E-state index in [0.717, 1.165) is 19.3 Å². The van der Waals surface area contributed by atoms with E-state index >= 15 is 8.78 Å². The Kier molecular flexibility index (Phi) is 7.29. The van der Waals surface area contributed by atoms with Gasteiger partial charge >= 0.3 is 0 Å². The van der Waals surface area contributed by atoms with Gasteiger partial charge in [0, 0.05) is 38.2 Å². The molecule has 206 valence electrons. The van der Waals surface area contributed by atoms with E-state index in [9.17, 15) is 19.6 Å². The molecule has 2 bridgehead atoms. The Balaban J connectivity index is 1.37. The van der Waals surface area contributed by atoms with Crippen molar-refractivity contribution in [2.24, 2.45) is 24.8 Å². The molecule has 3 amide bonds. The molecule has 12 heteroatoms. The lowest BCUT2D eigenvalue weighted by molar-refractivity contribution is -0.194. The number of carbonyl (C=O) groups excluding carboxylic acids is 3. The zero-order chi connectivity index (χ0) is 27.0. The standard InChI is InChI=1S/C26H35F2N7O3/c1-34-14-18(13-31-34)32-21(9-15-4-5-15)25(38)35-19-6-7-20(26(27,28)11-19)22(35)24(37)33-17(12-29)10-16-3-2-8-30-23(16)36/h13-17,19-22,32H,2-11H2,1H3,(H,30,36)(H,33,37)/t16-,17-,19-,20-,21+,22-/m1/s1. The van der Waals surface area contributed by atoms with Gasteiger partial charge in [0.15, 0.2) is 0 Å². The molecule has 10 nitrogen and oxygen atoms in total. The van der Waals surface area contributed by atoms with Crippen molar-refractivity contribution in [3.05, 3.63) is 12.4 Å². The summed E-state index contributed by atoms with van der Waals surface area (Å²) in [5, 5.41) is 22.5. The number of fused-ring (bicyclic) bond motifs is 3. The molecule has 5 fully saturated rings. The van der Waals surface area contributed by atoms with Gasteiger partial charge in [-0.1, -0.05) is 12.8 Å². The van der Waals surface area contributed by atoms with Gasteiger partial charge in [0.1, 0.15) is 18.1 Å². The number of anilines is 1. The monoisotopic (exact) mass is 531 g/mol. The molecule has 0 spiro atoms. The number of hydrogen-bond acceptors (Lipinski definition) is 6. The van der Waals surface area contributed by atoms with E-state index in [4.69, 9.17) is 0 Å². The highest BCUT2D eigenvalue weighted by atomic mass is 19.3. The largest absolute Gasteiger partial charge is 0.371 e. The molecular weight excluding hydrogens is 496 g/mol. The molecular formula is C26H35F2N7O3. The van der Waals surface area contributed by atoms with Crippen LogP contribution in [0.5, 0.6) is 0 Å². The number of nitrogens with zero attached hydrogens (tertiary/aromatic N) is 4. The first-order valence-electron chi connectivity index (χ1n) is 13.6. The predicted molar refractivity (Wildman–Crippen MR) is 133 cm³/mol. The topological polar surface area (TPSA) is 132 Å². The second kappa shape index (κ2) is 10.5. The number of halogens is 2. The summed E-state index contributed by atoms with van der Waals surface area (Å²) in [7, 11) is 1.76. The summed E-state index contributed by atoms with van der Waals surface area (Å²) in [4.78, 5) is 41.1. The number of piperidine rings is 3. The van der Waals surface area contributed by atoms with Crippen molar-refractivity contribution in [1.82, 2.24) is 25.3 Å². The Bertz CT molecular complexity index is 1110. The summed E-state index contributed by atoms with van der Waals surface area (Å²) < 4.78 is 31.8. The van der Waals surface area contributed by atoms with Crippen LogP contribution in [-0.4, -0.2) is 69.0 Å². The van der Waals surface area contributed by atoms with Crippen molar-refractivity contribution in [1.29, 1.82) is 5.26 Å². The molecule has 0 aromatic carbocycles. The minimum absolute atomic E-state index is 0.103. The van der Waals surface area contributed by atoms with Crippen LogP contribution in [0.2, 0.25) is 0 Å². The Morgan fingerprint density at radius 3 is 2.68 bits per heavy atom. The highest BCUT2D eigenvalue weighted by Crippen LogP contribution is 2.49. The van der Waals surface area contributed by atoms with E-state index < -0.39 is 54.3 Å². The number of rotatable bonds is 9. The van der Waals surface area contributed by atoms with Crippen molar-refractivity contribution in [2.45, 2.75) is 87.9 Å². The molecule has 1 aromatic rings. The summed E-state index contributed by atoms with van der Waals surface area (Å²) in [6.45, 7) is 0.575. The van der Waals surface area contributed by atoms with Gasteiger partial charge in [-0.25, -0.2) is 8.78 Å². The second-order valence-corrected chi connectivity index (χ2v) is 11.3. The van der Waals surface area contributed by atoms with Crippen molar-refractivity contribution in [3.8, 4) is 6.07 Å². The summed E-state index contributed by atoms with van der Waals surface area (Å²) >= 11 is 0. The Morgan fingerprint density at radius 1 is 1.26 bits per heavy atom. The summed E-state index contributed by atoms with van der Waals surface area (Å²) in [6.07, 6.45) is 7.44. The lowest BCUT2D eigenvalue weighted by Crippen LogP contribution is -2.70. The molecule has 1 aromatic heterocycles. The number of nitriles is 1. The van der Waals surface area contributed by atoms with Gasteiger partial charge < -0.3 is 20.9 Å². The van der Waals surface area contributed by atoms with Crippen LogP contribution in [0.25, 0.3) is 0 Å². The summed E-state index contributed by atoms with van der Waals surface area (Å²) in [5.74, 6) is -5.76. The van der Waals surface area contributed by atoms with Gasteiger partial charge in [-0.3, -0.25) is 19.1 Å². The third-order valence-electron chi connectivity index (χ3n) is 8.46. The fraction of sp³-hybridized carbons (Fsp3) is 0.731. The molecule has 3 aliphatic heterocycles. The normalized spacial score (nSPS) is 29.6. The van der Waals surface area contributed by atoms with Gasteiger partial charge in [-0.2, -0.15) is 10.4 Å². The molecule has 0 unspecified atom stereocenters. The first kappa shape index (κ1) is 26.4. The molecule has 3 saturated heterocycles. The van der Waals surface area contributed by atoms with Crippen LogP contribution in [0, 0.1) is 29.1 Å². The van der Waals surface area contributed by atoms with Crippen LogP contribution in [0.15, 0.2) is 12.4 Å². The van der Waals surface area contributed by atoms with E-state index in [-0.39, 0.29) is 24.7 Å². The lowest BCUT2D eigenvalue weighted by Gasteiger charge is -2.54. The van der Waals surface area contributed by atoms with Gasteiger partial charge in [-0.15, -0.1) is 0 Å². The second-order valence-electron chi connectivity index (χ2n) is 11.3. The molecule has 2 saturated carbocycles. The minimum atomic E-state index is -3.09. The Morgan fingerprint density at radius 2 is 2.05 bits per heavy atom. The first-order chi connectivity index (χ1) is 18.2. The van der Waals surface area contributed by atoms with Crippen LogP contribution < -0.4 is 16.0 Å². The maximum absolute atomic E-state index is 15.1. The average Bonchev–Trinajstić information content (AvgIpc) is 3.61. The van der Waals surface area contributed by atoms with Crippen molar-refractivity contribution in [3.63, 3.8) is 0 Å². The van der Waals surface area contributed by atoms with Crippen molar-refractivity contribution in [2.75, 3.05) is 11.9 Å². The number of hydrogen-bond donors (Lipinski definition) is 3. The number of alkyl halides is 2. The number of nitrogens with one attached hydrogen (secondary N) is 3. The number of aryl methyl sites for hydroxylation is 1. The van der Waals surface area contributed by atoms with Crippen LogP contribution >= 0.6 is 0 Å². The molecule has 3 N–H and O–H groups in total. The van der Waals surface area contributed by atoms with E-state index in [1.807, 2.05) is 6.07 Å². The highest BCUT2D eigenvalue weighted by molar-refractivity contribution is 5.92. The van der Waals surface area contributed by atoms with Gasteiger partial charge in [0.05, 0.1) is 23.9 Å². The van der Waals surface area contributed by atoms with E-state index in [0.29, 0.717) is 37.4 Å². The van der Waals surface area contributed by atoms with E-state index in [1.54, 1.807) is 24.1 Å². The zero-order valence-corrected chi connectivity index (χ0v) is 21.5. The molecule has 6 atom stereocenters.